The van der Waals surface area contributed by atoms with Gasteiger partial charge in [-0.1, -0.05) is 48.5 Å². The summed E-state index contributed by atoms with van der Waals surface area (Å²) >= 11 is 0. The van der Waals surface area contributed by atoms with Crippen molar-refractivity contribution in [3.63, 3.8) is 0 Å². The summed E-state index contributed by atoms with van der Waals surface area (Å²) in [6.45, 7) is 4.09. The summed E-state index contributed by atoms with van der Waals surface area (Å²) in [5.74, 6) is -0.217. The van der Waals surface area contributed by atoms with Crippen LogP contribution in [0.3, 0.4) is 0 Å². The molecule has 0 unspecified atom stereocenters. The molecule has 1 saturated heterocycles. The topological polar surface area (TPSA) is 57.7 Å². The van der Waals surface area contributed by atoms with Gasteiger partial charge in [-0.05, 0) is 37.3 Å². The quantitative estimate of drug-likeness (QED) is 0.593. The average Bonchev–Trinajstić information content (AvgIpc) is 2.84. The number of carbonyl (C=O) groups is 3. The molecule has 0 aromatic heterocycles. The normalized spacial score (nSPS) is 13.7. The summed E-state index contributed by atoms with van der Waals surface area (Å²) in [6, 6.07) is 23.6. The molecule has 31 heavy (non-hydrogen) atoms. The molecule has 5 nitrogen and oxygen atoms in total. The van der Waals surface area contributed by atoms with Crippen LogP contribution in [0, 0.1) is 0 Å². The Morgan fingerprint density at radius 3 is 1.84 bits per heavy atom. The summed E-state index contributed by atoms with van der Waals surface area (Å²) < 4.78 is 0. The van der Waals surface area contributed by atoms with Gasteiger partial charge < -0.3 is 9.80 Å². The zero-order valence-electron chi connectivity index (χ0n) is 17.5. The van der Waals surface area contributed by atoms with Crippen LogP contribution < -0.4 is 4.90 Å². The Hall–Kier alpha value is -3.73. The standard InChI is InChI=1S/C26H24N2O3/c1-19(29)20-11-13-22(14-12-20)27-15-17-28(18-16-27)26(31)24-10-6-5-9-23(24)25(30)21-7-3-2-4-8-21/h2-14H,15-18H2,1H3. The average molecular weight is 412 g/mol. The van der Waals surface area contributed by atoms with Gasteiger partial charge in [-0.2, -0.15) is 0 Å². The van der Waals surface area contributed by atoms with Crippen LogP contribution in [0.4, 0.5) is 5.69 Å². The third-order valence-electron chi connectivity index (χ3n) is 5.64. The number of piperazine rings is 1. The van der Waals surface area contributed by atoms with Crippen molar-refractivity contribution in [1.82, 2.24) is 4.90 Å². The van der Waals surface area contributed by atoms with Crippen molar-refractivity contribution in [3.05, 3.63) is 101 Å². The molecule has 1 aliphatic heterocycles. The van der Waals surface area contributed by atoms with Gasteiger partial charge in [0.1, 0.15) is 0 Å². The van der Waals surface area contributed by atoms with Crippen LogP contribution in [0.2, 0.25) is 0 Å². The molecule has 0 radical (unpaired) electrons. The maximum Gasteiger partial charge on any atom is 0.254 e. The number of amides is 1. The van der Waals surface area contributed by atoms with E-state index in [1.54, 1.807) is 48.2 Å². The minimum atomic E-state index is -0.145. The molecule has 0 saturated carbocycles. The molecule has 1 aliphatic rings. The van der Waals surface area contributed by atoms with E-state index >= 15 is 0 Å². The fraction of sp³-hybridized carbons (Fsp3) is 0.192. The van der Waals surface area contributed by atoms with Gasteiger partial charge in [0.25, 0.3) is 5.91 Å². The Bertz CT molecular complexity index is 1100. The fourth-order valence-electron chi connectivity index (χ4n) is 3.86. The highest BCUT2D eigenvalue weighted by Crippen LogP contribution is 2.21. The highest BCUT2D eigenvalue weighted by atomic mass is 16.2. The Labute approximate surface area is 181 Å². The van der Waals surface area contributed by atoms with Crippen molar-refractivity contribution < 1.29 is 14.4 Å². The van der Waals surface area contributed by atoms with Crippen LogP contribution in [-0.4, -0.2) is 48.6 Å². The predicted octanol–water partition coefficient (Wildman–Crippen LogP) is 4.08. The Kier molecular flexibility index (Phi) is 5.94. The predicted molar refractivity (Wildman–Crippen MR) is 121 cm³/mol. The molecule has 3 aromatic carbocycles. The third-order valence-corrected chi connectivity index (χ3v) is 5.64. The Balaban J connectivity index is 1.47. The minimum absolute atomic E-state index is 0.0469. The molecule has 0 bridgehead atoms. The Morgan fingerprint density at radius 1 is 0.645 bits per heavy atom. The van der Waals surface area contributed by atoms with Gasteiger partial charge in [-0.3, -0.25) is 14.4 Å². The summed E-state index contributed by atoms with van der Waals surface area (Å²) in [7, 11) is 0. The molecule has 0 spiro atoms. The zero-order chi connectivity index (χ0) is 21.8. The number of Topliss-reactive ketones (excluding diaryl/α,β-unsaturated/α-hetero) is 1. The number of anilines is 1. The second-order valence-corrected chi connectivity index (χ2v) is 7.62. The minimum Gasteiger partial charge on any atom is -0.368 e. The molecule has 1 amide bonds. The van der Waals surface area contributed by atoms with Gasteiger partial charge in [0, 0.05) is 48.6 Å². The van der Waals surface area contributed by atoms with Crippen LogP contribution in [0.1, 0.15) is 43.6 Å². The molecule has 156 valence electrons. The van der Waals surface area contributed by atoms with Crippen molar-refractivity contribution in [3.8, 4) is 0 Å². The number of hydrogen-bond donors (Lipinski definition) is 0. The highest BCUT2D eigenvalue weighted by molar-refractivity contribution is 6.15. The maximum absolute atomic E-state index is 13.2. The van der Waals surface area contributed by atoms with Gasteiger partial charge in [-0.25, -0.2) is 0 Å². The maximum atomic E-state index is 13.2. The first-order chi connectivity index (χ1) is 15.0. The van der Waals surface area contributed by atoms with Crippen molar-refractivity contribution >= 4 is 23.2 Å². The third kappa shape index (κ3) is 4.40. The van der Waals surface area contributed by atoms with Crippen LogP contribution in [0.5, 0.6) is 0 Å². The molecule has 3 aromatic rings. The first-order valence-electron chi connectivity index (χ1n) is 10.4. The molecule has 0 atom stereocenters. The van der Waals surface area contributed by atoms with Crippen LogP contribution in [-0.2, 0) is 0 Å². The van der Waals surface area contributed by atoms with Crippen LogP contribution in [0.15, 0.2) is 78.9 Å². The number of hydrogen-bond acceptors (Lipinski definition) is 4. The SMILES string of the molecule is CC(=O)c1ccc(N2CCN(C(=O)c3ccccc3C(=O)c3ccccc3)CC2)cc1. The van der Waals surface area contributed by atoms with E-state index in [1.807, 2.05) is 42.5 Å². The lowest BCUT2D eigenvalue weighted by molar-refractivity contribution is 0.0742. The number of benzene rings is 3. The van der Waals surface area contributed by atoms with Crippen molar-refractivity contribution in [1.29, 1.82) is 0 Å². The lowest BCUT2D eigenvalue weighted by Gasteiger charge is -2.36. The highest BCUT2D eigenvalue weighted by Gasteiger charge is 2.26. The smallest absolute Gasteiger partial charge is 0.254 e. The van der Waals surface area contributed by atoms with E-state index in [1.165, 1.54) is 0 Å². The van der Waals surface area contributed by atoms with Gasteiger partial charge in [0.05, 0.1) is 5.56 Å². The number of nitrogens with zero attached hydrogens (tertiary/aromatic N) is 2. The first kappa shape index (κ1) is 20.5. The van der Waals surface area contributed by atoms with Gasteiger partial charge in [-0.15, -0.1) is 0 Å². The van der Waals surface area contributed by atoms with E-state index in [2.05, 4.69) is 4.90 Å². The molecule has 0 N–H and O–H groups in total. The van der Waals surface area contributed by atoms with Gasteiger partial charge >= 0.3 is 0 Å². The van der Waals surface area contributed by atoms with E-state index < -0.39 is 0 Å². The Morgan fingerprint density at radius 2 is 1.23 bits per heavy atom. The summed E-state index contributed by atoms with van der Waals surface area (Å²) in [6.07, 6.45) is 0. The molecule has 1 heterocycles. The van der Waals surface area contributed by atoms with Gasteiger partial charge in [0.2, 0.25) is 0 Å². The number of rotatable bonds is 5. The molecule has 4 rings (SSSR count). The van der Waals surface area contributed by atoms with Crippen LogP contribution >= 0.6 is 0 Å². The molecule has 5 heteroatoms. The van der Waals surface area contributed by atoms with E-state index in [4.69, 9.17) is 0 Å². The second-order valence-electron chi connectivity index (χ2n) is 7.62. The summed E-state index contributed by atoms with van der Waals surface area (Å²) in [5.41, 5.74) is 3.17. The van der Waals surface area contributed by atoms with E-state index in [9.17, 15) is 14.4 Å². The number of carbonyl (C=O) groups excluding carboxylic acids is 3. The number of ketones is 2. The lowest BCUT2D eigenvalue weighted by atomic mass is 9.97. The second kappa shape index (κ2) is 8.96. The monoisotopic (exact) mass is 412 g/mol. The van der Waals surface area contributed by atoms with E-state index in [-0.39, 0.29) is 17.5 Å². The van der Waals surface area contributed by atoms with Crippen molar-refractivity contribution in [2.24, 2.45) is 0 Å². The van der Waals surface area contributed by atoms with E-state index in [0.29, 0.717) is 48.4 Å². The fourth-order valence-corrected chi connectivity index (χ4v) is 3.86. The largest absolute Gasteiger partial charge is 0.368 e. The molecular weight excluding hydrogens is 388 g/mol. The zero-order valence-corrected chi connectivity index (χ0v) is 17.5. The van der Waals surface area contributed by atoms with Gasteiger partial charge in [0.15, 0.2) is 11.6 Å². The summed E-state index contributed by atoms with van der Waals surface area (Å²) in [4.78, 5) is 41.7. The molecular formula is C26H24N2O3. The molecule has 1 fully saturated rings. The van der Waals surface area contributed by atoms with Crippen molar-refractivity contribution in [2.45, 2.75) is 6.92 Å². The van der Waals surface area contributed by atoms with Crippen molar-refractivity contribution in [2.75, 3.05) is 31.1 Å². The van der Waals surface area contributed by atoms with Crippen LogP contribution in [0.25, 0.3) is 0 Å². The summed E-state index contributed by atoms with van der Waals surface area (Å²) in [5, 5.41) is 0. The lowest BCUT2D eigenvalue weighted by Crippen LogP contribution is -2.49. The first-order valence-corrected chi connectivity index (χ1v) is 10.4. The molecule has 0 aliphatic carbocycles. The van der Waals surface area contributed by atoms with E-state index in [0.717, 1.165) is 5.69 Å².